The van der Waals surface area contributed by atoms with Crippen molar-refractivity contribution in [2.45, 2.75) is 12.8 Å². The number of likely N-dealkylation sites (N-methyl/N-ethyl adjacent to an activating group) is 1. The third-order valence-corrected chi connectivity index (χ3v) is 4.80. The summed E-state index contributed by atoms with van der Waals surface area (Å²) in [4.78, 5) is 33.1. The quantitative estimate of drug-likeness (QED) is 0.796. The molecule has 0 saturated carbocycles. The Labute approximate surface area is 127 Å². The number of amides is 3. The van der Waals surface area contributed by atoms with Crippen LogP contribution in [0.4, 0.5) is 9.93 Å². The zero-order valence-electron chi connectivity index (χ0n) is 12.0. The van der Waals surface area contributed by atoms with E-state index in [1.54, 1.807) is 4.90 Å². The molecule has 8 heteroatoms. The van der Waals surface area contributed by atoms with Gasteiger partial charge in [0.1, 0.15) is 4.88 Å². The number of aryl methyl sites for hydroxylation is 1. The van der Waals surface area contributed by atoms with Crippen LogP contribution in [0.25, 0.3) is 0 Å². The van der Waals surface area contributed by atoms with Crippen LogP contribution in [-0.4, -0.2) is 66.5 Å². The van der Waals surface area contributed by atoms with Gasteiger partial charge in [0.05, 0.1) is 5.69 Å². The Balaban J connectivity index is 1.67. The van der Waals surface area contributed by atoms with Crippen molar-refractivity contribution >= 4 is 28.4 Å². The van der Waals surface area contributed by atoms with E-state index in [0.717, 1.165) is 31.6 Å². The van der Waals surface area contributed by atoms with Gasteiger partial charge in [-0.15, -0.1) is 0 Å². The minimum atomic E-state index is -0.132. The molecule has 2 N–H and O–H groups in total. The largest absolute Gasteiger partial charge is 0.351 e. The minimum Gasteiger partial charge on any atom is -0.351 e. The van der Waals surface area contributed by atoms with Crippen molar-refractivity contribution in [1.29, 1.82) is 0 Å². The Morgan fingerprint density at radius 2 is 2.10 bits per heavy atom. The average Bonchev–Trinajstić information content (AvgIpc) is 2.79. The van der Waals surface area contributed by atoms with Crippen LogP contribution in [0.2, 0.25) is 0 Å². The Hall–Kier alpha value is -1.67. The smallest absolute Gasteiger partial charge is 0.323 e. The number of rotatable bonds is 1. The maximum Gasteiger partial charge on any atom is 0.323 e. The fraction of sp³-hybridized carbons (Fsp3) is 0.615. The lowest BCUT2D eigenvalue weighted by Crippen LogP contribution is -2.48. The topological polar surface area (TPSA) is 77.6 Å². The van der Waals surface area contributed by atoms with Crippen LogP contribution in [0, 0.1) is 0 Å². The molecule has 0 radical (unpaired) electrons. The van der Waals surface area contributed by atoms with E-state index >= 15 is 0 Å². The third kappa shape index (κ3) is 3.16. The van der Waals surface area contributed by atoms with Crippen molar-refractivity contribution in [2.75, 3.05) is 45.1 Å². The number of anilines is 1. The number of hydrogen-bond acceptors (Lipinski definition) is 5. The van der Waals surface area contributed by atoms with Gasteiger partial charge < -0.3 is 15.1 Å². The van der Waals surface area contributed by atoms with Gasteiger partial charge in [-0.3, -0.25) is 10.1 Å². The van der Waals surface area contributed by atoms with E-state index in [2.05, 4.69) is 20.5 Å². The first kappa shape index (κ1) is 14.3. The monoisotopic (exact) mass is 309 g/mol. The molecule has 0 unspecified atom stereocenters. The summed E-state index contributed by atoms with van der Waals surface area (Å²) in [6, 6.07) is -0.132. The highest BCUT2D eigenvalue weighted by atomic mass is 32.1. The number of urea groups is 1. The highest BCUT2D eigenvalue weighted by molar-refractivity contribution is 7.17. The fourth-order valence-electron chi connectivity index (χ4n) is 2.47. The van der Waals surface area contributed by atoms with Crippen molar-refractivity contribution in [2.24, 2.45) is 0 Å². The van der Waals surface area contributed by atoms with Crippen molar-refractivity contribution in [3.63, 3.8) is 0 Å². The van der Waals surface area contributed by atoms with Gasteiger partial charge in [-0.05, 0) is 19.9 Å². The van der Waals surface area contributed by atoms with Crippen LogP contribution < -0.4 is 10.6 Å². The summed E-state index contributed by atoms with van der Waals surface area (Å²) in [5.74, 6) is -0.0832. The lowest BCUT2D eigenvalue weighted by molar-refractivity contribution is 0.0960. The summed E-state index contributed by atoms with van der Waals surface area (Å²) in [5.41, 5.74) is 0.795. The molecule has 3 amide bonds. The summed E-state index contributed by atoms with van der Waals surface area (Å²) in [5, 5.41) is 6.17. The molecule has 1 aromatic heterocycles. The van der Waals surface area contributed by atoms with E-state index in [9.17, 15) is 9.59 Å². The van der Waals surface area contributed by atoms with Gasteiger partial charge in [0.2, 0.25) is 0 Å². The normalized spacial score (nSPS) is 19.7. The van der Waals surface area contributed by atoms with Gasteiger partial charge in [0.25, 0.3) is 5.91 Å². The number of aromatic nitrogens is 1. The van der Waals surface area contributed by atoms with E-state index in [0.29, 0.717) is 29.6 Å². The molecular formula is C13H19N5O2S. The Morgan fingerprint density at radius 3 is 2.86 bits per heavy atom. The lowest BCUT2D eigenvalue weighted by atomic mass is 10.2. The Kier molecular flexibility index (Phi) is 4.07. The maximum atomic E-state index is 12.2. The van der Waals surface area contributed by atoms with Crippen LogP contribution in [0.15, 0.2) is 0 Å². The molecule has 114 valence electrons. The number of nitrogens with zero attached hydrogens (tertiary/aromatic N) is 3. The summed E-state index contributed by atoms with van der Waals surface area (Å²) < 4.78 is 0. The van der Waals surface area contributed by atoms with Gasteiger partial charge in [-0.2, -0.15) is 0 Å². The van der Waals surface area contributed by atoms with Crippen LogP contribution in [0.5, 0.6) is 0 Å². The molecule has 3 rings (SSSR count). The molecule has 2 aliphatic rings. The molecule has 0 spiro atoms. The van der Waals surface area contributed by atoms with Crippen molar-refractivity contribution in [1.82, 2.24) is 20.1 Å². The van der Waals surface area contributed by atoms with E-state index in [1.165, 1.54) is 11.3 Å². The highest BCUT2D eigenvalue weighted by Crippen LogP contribution is 2.25. The second-order valence-corrected chi connectivity index (χ2v) is 6.37. The maximum absolute atomic E-state index is 12.2. The predicted octanol–water partition coefficient (Wildman–Crippen LogP) is 0.598. The first-order valence-corrected chi connectivity index (χ1v) is 7.97. The van der Waals surface area contributed by atoms with Crippen molar-refractivity contribution in [3.05, 3.63) is 10.6 Å². The zero-order valence-corrected chi connectivity index (χ0v) is 12.8. The number of carbonyl (C=O) groups is 2. The molecule has 3 heterocycles. The zero-order chi connectivity index (χ0) is 14.8. The highest BCUT2D eigenvalue weighted by Gasteiger charge is 2.23. The van der Waals surface area contributed by atoms with Crippen LogP contribution in [0.3, 0.4) is 0 Å². The second kappa shape index (κ2) is 5.98. The number of nitrogens with one attached hydrogen (secondary N) is 2. The van der Waals surface area contributed by atoms with E-state index in [-0.39, 0.29) is 11.9 Å². The minimum absolute atomic E-state index is 0.0832. The number of thiazole rings is 1. The predicted molar refractivity (Wildman–Crippen MR) is 80.9 cm³/mol. The molecule has 21 heavy (non-hydrogen) atoms. The number of piperazine rings is 1. The molecule has 7 nitrogen and oxygen atoms in total. The summed E-state index contributed by atoms with van der Waals surface area (Å²) in [6.45, 7) is 3.88. The Morgan fingerprint density at radius 1 is 1.33 bits per heavy atom. The van der Waals surface area contributed by atoms with Gasteiger partial charge >= 0.3 is 6.03 Å². The van der Waals surface area contributed by atoms with E-state index in [4.69, 9.17) is 0 Å². The summed E-state index contributed by atoms with van der Waals surface area (Å²) in [6.07, 6.45) is 1.66. The SMILES string of the molecule is CN1CCN(C(=O)Nc2nc3c(s2)C(=O)NCCC3)CC1. The molecule has 0 atom stereocenters. The van der Waals surface area contributed by atoms with Gasteiger partial charge in [0.15, 0.2) is 5.13 Å². The number of carbonyl (C=O) groups excluding carboxylic acids is 2. The molecular weight excluding hydrogens is 290 g/mol. The van der Waals surface area contributed by atoms with Crippen molar-refractivity contribution < 1.29 is 9.59 Å². The number of fused-ring (bicyclic) bond motifs is 1. The Bertz CT molecular complexity index is 551. The van der Waals surface area contributed by atoms with Crippen LogP contribution in [-0.2, 0) is 6.42 Å². The average molecular weight is 309 g/mol. The molecule has 1 aromatic rings. The second-order valence-electron chi connectivity index (χ2n) is 5.37. The molecule has 1 saturated heterocycles. The lowest BCUT2D eigenvalue weighted by Gasteiger charge is -2.32. The summed E-state index contributed by atoms with van der Waals surface area (Å²) >= 11 is 1.26. The molecule has 0 aromatic carbocycles. The van der Waals surface area contributed by atoms with Crippen molar-refractivity contribution in [3.8, 4) is 0 Å². The molecule has 2 aliphatic heterocycles. The van der Waals surface area contributed by atoms with Gasteiger partial charge in [0, 0.05) is 32.7 Å². The van der Waals surface area contributed by atoms with E-state index in [1.807, 2.05) is 7.05 Å². The molecule has 1 fully saturated rings. The van der Waals surface area contributed by atoms with E-state index < -0.39 is 0 Å². The summed E-state index contributed by atoms with van der Waals surface area (Å²) in [7, 11) is 2.05. The standard InChI is InChI=1S/C13H19N5O2S/c1-17-5-7-18(8-6-17)13(20)16-12-15-9-3-2-4-14-11(19)10(9)21-12/h2-8H2,1H3,(H,14,19)(H,15,16,20). The first-order valence-electron chi connectivity index (χ1n) is 7.16. The third-order valence-electron chi connectivity index (χ3n) is 3.78. The van der Waals surface area contributed by atoms with Gasteiger partial charge in [-0.25, -0.2) is 9.78 Å². The van der Waals surface area contributed by atoms with Crippen LogP contribution >= 0.6 is 11.3 Å². The van der Waals surface area contributed by atoms with Gasteiger partial charge in [-0.1, -0.05) is 11.3 Å². The molecule has 0 aliphatic carbocycles. The van der Waals surface area contributed by atoms with Crippen LogP contribution in [0.1, 0.15) is 21.8 Å². The first-order chi connectivity index (χ1) is 10.1. The fourth-order valence-corrected chi connectivity index (χ4v) is 3.39. The molecule has 0 bridgehead atoms. The number of hydrogen-bond donors (Lipinski definition) is 2.